The number of likely N-dealkylation sites (tertiary alicyclic amines) is 1. The number of nitrogens with one attached hydrogen (secondary N) is 2. The number of pyridine rings is 2. The van der Waals surface area contributed by atoms with Crippen LogP contribution in [0.4, 0.5) is 22.1 Å². The number of aromatic nitrogens is 4. The molecule has 4 aliphatic rings. The summed E-state index contributed by atoms with van der Waals surface area (Å²) < 4.78 is 15.7. The lowest BCUT2D eigenvalue weighted by Gasteiger charge is -2.47. The summed E-state index contributed by atoms with van der Waals surface area (Å²) >= 11 is 13.0. The number of nitrogens with zero attached hydrogens (tertiary/aromatic N) is 9. The highest BCUT2D eigenvalue weighted by atomic mass is 35.5. The minimum atomic E-state index is -0.458. The molecular weight excluding hydrogens is 868 g/mol. The molecule has 0 aliphatic carbocycles. The molecule has 18 heteroatoms. The Balaban J connectivity index is 0.000000207. The highest BCUT2D eigenvalue weighted by Crippen LogP contribution is 2.33. The van der Waals surface area contributed by atoms with Crippen molar-refractivity contribution in [2.24, 2.45) is 5.73 Å². The lowest BCUT2D eigenvalue weighted by atomic mass is 9.98. The summed E-state index contributed by atoms with van der Waals surface area (Å²) in [5.74, 6) is 2.46. The molecule has 16 nitrogen and oxygen atoms in total. The summed E-state index contributed by atoms with van der Waals surface area (Å²) in [6, 6.07) is 5.82. The Labute approximate surface area is 397 Å². The number of piperidine rings is 2. The first-order chi connectivity index (χ1) is 31.3. The molecule has 4 fully saturated rings. The first-order valence-electron chi connectivity index (χ1n) is 23.6. The van der Waals surface area contributed by atoms with Crippen molar-refractivity contribution in [1.82, 2.24) is 40.0 Å². The van der Waals surface area contributed by atoms with E-state index >= 15 is 0 Å². The molecule has 0 saturated carbocycles. The van der Waals surface area contributed by atoms with E-state index in [4.69, 9.17) is 49.7 Å². The zero-order valence-electron chi connectivity index (χ0n) is 39.8. The number of carbonyl (C=O) groups excluding carboxylic acids is 1. The van der Waals surface area contributed by atoms with Gasteiger partial charge in [0, 0.05) is 127 Å². The van der Waals surface area contributed by atoms with E-state index in [0.717, 1.165) is 114 Å². The van der Waals surface area contributed by atoms with Gasteiger partial charge in [-0.15, -0.1) is 0 Å². The van der Waals surface area contributed by atoms with E-state index in [2.05, 4.69) is 63.5 Å². The fourth-order valence-corrected chi connectivity index (χ4v) is 9.71. The number of hydrogen-bond donors (Lipinski definition) is 3. The number of rotatable bonds is 12. The van der Waals surface area contributed by atoms with E-state index in [1.165, 1.54) is 12.8 Å². The Kier molecular flexibility index (Phi) is 20.8. The van der Waals surface area contributed by atoms with Crippen LogP contribution in [0.25, 0.3) is 16.2 Å². The van der Waals surface area contributed by atoms with Gasteiger partial charge in [-0.3, -0.25) is 9.80 Å². The fourth-order valence-electron chi connectivity index (χ4n) is 9.14. The molecule has 360 valence electrons. The van der Waals surface area contributed by atoms with Crippen LogP contribution in [0, 0.1) is 6.57 Å². The van der Waals surface area contributed by atoms with Crippen molar-refractivity contribution in [3.05, 3.63) is 58.4 Å². The normalized spacial score (nSPS) is 20.4. The number of imidazole rings is 1. The molecule has 0 unspecified atom stereocenters. The van der Waals surface area contributed by atoms with Crippen molar-refractivity contribution < 1.29 is 19.0 Å². The molecule has 2 atom stereocenters. The van der Waals surface area contributed by atoms with Gasteiger partial charge in [-0.1, -0.05) is 37.0 Å². The van der Waals surface area contributed by atoms with E-state index in [0.29, 0.717) is 59.7 Å². The first-order valence-corrected chi connectivity index (χ1v) is 24.4. The standard InChI is InChI=1S/C22H32ClN5O2.C19H27ClN6.C6H15NO2/c1-6-17-15-27(20-19(23)13-16(24-5)14-25-20)11-12-28(17)18-7-9-26(10-8-18)21(29)30-22(2,3)4;1-2-15-13-25(9-10-26(15)16-3-5-21-6-4-16)19-17(20)11-14(12-24-19)18-22-7-8-23-18;1-3-8-6(5-7)9-4-2/h13-14,17-18H,6-12,15H2,1-4H3;7-8,11-12,15-16,21H,2-6,9-10,13H2,1H3,(H,22,23);6H,3-5,7H2,1-2H3/t17-;15-;/m00./s1. The molecule has 3 aromatic heterocycles. The third kappa shape index (κ3) is 15.1. The Morgan fingerprint density at radius 2 is 1.38 bits per heavy atom. The van der Waals surface area contributed by atoms with Gasteiger partial charge in [0.05, 0.1) is 16.6 Å². The van der Waals surface area contributed by atoms with Gasteiger partial charge in [0.2, 0.25) is 5.69 Å². The Hall–Kier alpha value is -3.79. The van der Waals surface area contributed by atoms with Crippen LogP contribution in [0.15, 0.2) is 36.9 Å². The quantitative estimate of drug-likeness (QED) is 0.120. The van der Waals surface area contributed by atoms with Crippen LogP contribution in [0.3, 0.4) is 0 Å². The average molecular weight is 942 g/mol. The van der Waals surface area contributed by atoms with E-state index in [1.54, 1.807) is 18.5 Å². The third-order valence-electron chi connectivity index (χ3n) is 12.4. The topological polar surface area (TPSA) is 158 Å². The summed E-state index contributed by atoms with van der Waals surface area (Å²) in [6.45, 7) is 32.4. The number of amides is 1. The van der Waals surface area contributed by atoms with Crippen LogP contribution in [0.2, 0.25) is 10.0 Å². The third-order valence-corrected chi connectivity index (χ3v) is 12.9. The van der Waals surface area contributed by atoms with E-state index < -0.39 is 5.60 Å². The molecule has 7 rings (SSSR count). The Bertz CT molecular complexity index is 1910. The second kappa shape index (κ2) is 25.9. The molecule has 0 aromatic carbocycles. The van der Waals surface area contributed by atoms with Gasteiger partial charge in [-0.25, -0.2) is 24.6 Å². The molecular formula is C47H74Cl2N12O4. The van der Waals surface area contributed by atoms with Gasteiger partial charge < -0.3 is 44.9 Å². The van der Waals surface area contributed by atoms with Crippen LogP contribution in [0.1, 0.15) is 87.0 Å². The average Bonchev–Trinajstić information content (AvgIpc) is 3.87. The maximum Gasteiger partial charge on any atom is 0.410 e. The van der Waals surface area contributed by atoms with Crippen molar-refractivity contribution in [1.29, 1.82) is 0 Å². The van der Waals surface area contributed by atoms with Gasteiger partial charge >= 0.3 is 6.09 Å². The lowest BCUT2D eigenvalue weighted by Crippen LogP contribution is -2.59. The van der Waals surface area contributed by atoms with E-state index in [-0.39, 0.29) is 12.4 Å². The molecule has 7 heterocycles. The predicted molar refractivity (Wildman–Crippen MR) is 261 cm³/mol. The van der Waals surface area contributed by atoms with Gasteiger partial charge in [0.25, 0.3) is 0 Å². The molecule has 1 amide bonds. The number of H-pyrrole nitrogens is 1. The maximum absolute atomic E-state index is 12.3. The van der Waals surface area contributed by atoms with Crippen LogP contribution in [-0.4, -0.2) is 162 Å². The van der Waals surface area contributed by atoms with Crippen LogP contribution < -0.4 is 20.9 Å². The number of anilines is 2. The number of aromatic amines is 1. The zero-order chi connectivity index (χ0) is 46.9. The van der Waals surface area contributed by atoms with Crippen molar-refractivity contribution >= 4 is 46.6 Å². The number of hydrogen-bond acceptors (Lipinski definition) is 13. The van der Waals surface area contributed by atoms with Crippen molar-refractivity contribution in [2.75, 3.05) is 95.0 Å². The second-order valence-electron chi connectivity index (χ2n) is 17.8. The summed E-state index contributed by atoms with van der Waals surface area (Å²) in [5.41, 5.74) is 6.22. The molecule has 4 aliphatic heterocycles. The zero-order valence-corrected chi connectivity index (χ0v) is 41.3. The lowest BCUT2D eigenvalue weighted by molar-refractivity contribution is -0.128. The molecule has 0 bridgehead atoms. The number of piperazine rings is 2. The second-order valence-corrected chi connectivity index (χ2v) is 18.6. The van der Waals surface area contributed by atoms with E-state index in [1.807, 2.05) is 58.0 Å². The number of carbonyl (C=O) groups is 1. The summed E-state index contributed by atoms with van der Waals surface area (Å²) in [5, 5.41) is 4.71. The SMILES string of the molecule is CCOC(CN)OCC.CC[C@H]1CN(c2ncc(-c3ncc[nH]3)cc2Cl)CCN1C1CCNCC1.[C-]#[N+]c1cnc(N2CCN(C3CCN(C(=O)OC(C)(C)C)CC3)[C@@H](CC)C2)c(Cl)c1. The van der Waals surface area contributed by atoms with Crippen LogP contribution in [-0.2, 0) is 14.2 Å². The van der Waals surface area contributed by atoms with Gasteiger partial charge in [0.15, 0.2) is 6.29 Å². The number of nitrogens with two attached hydrogens (primary N) is 1. The Morgan fingerprint density at radius 3 is 1.85 bits per heavy atom. The molecule has 0 spiro atoms. The van der Waals surface area contributed by atoms with Crippen molar-refractivity contribution in [3.63, 3.8) is 0 Å². The summed E-state index contributed by atoms with van der Waals surface area (Å²) in [7, 11) is 0. The summed E-state index contributed by atoms with van der Waals surface area (Å²) in [6.07, 6.45) is 13.2. The molecule has 0 radical (unpaired) electrons. The van der Waals surface area contributed by atoms with Gasteiger partial charge in [-0.2, -0.15) is 0 Å². The van der Waals surface area contributed by atoms with Crippen LogP contribution in [0.5, 0.6) is 0 Å². The van der Waals surface area contributed by atoms with Crippen LogP contribution >= 0.6 is 23.2 Å². The molecule has 65 heavy (non-hydrogen) atoms. The maximum atomic E-state index is 12.3. The van der Waals surface area contributed by atoms with Gasteiger partial charge in [0.1, 0.15) is 23.1 Å². The minimum absolute atomic E-state index is 0.207. The fraction of sp³-hybridized carbons (Fsp3) is 0.681. The van der Waals surface area contributed by atoms with Crippen molar-refractivity contribution in [2.45, 2.75) is 123 Å². The monoisotopic (exact) mass is 941 g/mol. The smallest absolute Gasteiger partial charge is 0.410 e. The minimum Gasteiger partial charge on any atom is -0.444 e. The largest absolute Gasteiger partial charge is 0.444 e. The summed E-state index contributed by atoms with van der Waals surface area (Å²) in [4.78, 5) is 44.0. The molecule has 4 N–H and O–H groups in total. The highest BCUT2D eigenvalue weighted by molar-refractivity contribution is 6.33. The Morgan fingerprint density at radius 1 is 0.831 bits per heavy atom. The highest BCUT2D eigenvalue weighted by Gasteiger charge is 2.36. The molecule has 3 aromatic rings. The first kappa shape index (κ1) is 52.2. The van der Waals surface area contributed by atoms with Crippen molar-refractivity contribution in [3.8, 4) is 11.4 Å². The van der Waals surface area contributed by atoms with E-state index in [9.17, 15) is 4.79 Å². The number of halogens is 2. The van der Waals surface area contributed by atoms with Gasteiger partial charge in [-0.05, 0) is 98.4 Å². The predicted octanol–water partition coefficient (Wildman–Crippen LogP) is 7.71. The molecule has 4 saturated heterocycles. The number of ether oxygens (including phenoxy) is 3.